The molecule has 4 rings (SSSR count). The predicted octanol–water partition coefficient (Wildman–Crippen LogP) is 13.7. The van der Waals surface area contributed by atoms with E-state index in [1.54, 1.807) is 0 Å². The van der Waals surface area contributed by atoms with Gasteiger partial charge in [0.05, 0.1) is 39.3 Å². The molecular weight excluding hydrogens is 753 g/mol. The Morgan fingerprint density at radius 1 is 0.656 bits per heavy atom. The van der Waals surface area contributed by atoms with Gasteiger partial charge in [-0.2, -0.15) is 0 Å². The topological polar surface area (TPSA) is 86.6 Å². The first-order valence-electron chi connectivity index (χ1n) is 27.2. The van der Waals surface area contributed by atoms with Crippen molar-refractivity contribution >= 4 is 11.7 Å². The van der Waals surface area contributed by atoms with Gasteiger partial charge >= 0.3 is 0 Å². The van der Waals surface area contributed by atoms with Crippen LogP contribution >= 0.6 is 0 Å². The average Bonchev–Trinajstić information content (AvgIpc) is 3.51. The smallest absolute Gasteiger partial charge is 0.252 e. The van der Waals surface area contributed by atoms with Gasteiger partial charge in [-0.05, 0) is 93.5 Å². The van der Waals surface area contributed by atoms with Crippen molar-refractivity contribution in [2.45, 2.75) is 264 Å². The number of nitrogens with zero attached hydrogens (tertiary/aromatic N) is 1. The fourth-order valence-electron chi connectivity index (χ4n) is 13.4. The Kier molecular flexibility index (Phi) is 23.4. The number of nitrogens with one attached hydrogen (secondary N) is 1. The SMILES string of the molecule is CCCCCCCCCCCCCCCC[N+](C)(CCCCCCCCCCCCCCCC)CCNC(=O)[C@@]1(O)CC[C@H]2[C@@H]3CCC4=CC(=O)CC[C@]4(C)[C@H]3[C@@H](O)C[C@@]21C. The standard InChI is InChI=1S/C55H100N2O4/c1-6-8-10-12-14-16-18-20-22-24-26-28-30-32-41-57(5,42-33-31-29-27-25-23-21-19-17-15-13-11-9-7-2)43-40-56-52(60)55(61)39-37-49-48-35-34-46-44-47(58)36-38-53(46,3)51(48)50(59)45-54(49,55)4/h44,48-51,59,61H,6-43,45H2,1-5H3/p+1/t48-,49-,50-,51+,53-,54-,55-/m0/s1. The van der Waals surface area contributed by atoms with Crippen LogP contribution < -0.4 is 5.32 Å². The zero-order chi connectivity index (χ0) is 44.0. The third kappa shape index (κ3) is 15.4. The minimum absolute atomic E-state index is 0.0897. The number of amides is 1. The van der Waals surface area contributed by atoms with E-state index in [4.69, 9.17) is 0 Å². The van der Waals surface area contributed by atoms with Crippen LogP contribution in [-0.4, -0.2) is 71.3 Å². The van der Waals surface area contributed by atoms with Crippen LogP contribution in [0.2, 0.25) is 0 Å². The van der Waals surface area contributed by atoms with Gasteiger partial charge in [0.15, 0.2) is 5.78 Å². The monoisotopic (exact) mass is 854 g/mol. The van der Waals surface area contributed by atoms with Crippen molar-refractivity contribution < 1.29 is 24.3 Å². The molecule has 1 amide bonds. The van der Waals surface area contributed by atoms with Gasteiger partial charge < -0.3 is 20.0 Å². The van der Waals surface area contributed by atoms with E-state index in [2.05, 4.69) is 40.1 Å². The third-order valence-electron chi connectivity index (χ3n) is 17.5. The lowest BCUT2D eigenvalue weighted by atomic mass is 9.45. The summed E-state index contributed by atoms with van der Waals surface area (Å²) in [5.74, 6) is 0.567. The molecule has 0 aromatic carbocycles. The van der Waals surface area contributed by atoms with Crippen LogP contribution in [-0.2, 0) is 9.59 Å². The number of rotatable bonds is 34. The highest BCUT2D eigenvalue weighted by atomic mass is 16.3. The van der Waals surface area contributed by atoms with Gasteiger partial charge in [0.25, 0.3) is 5.91 Å². The van der Waals surface area contributed by atoms with Crippen LogP contribution in [0.15, 0.2) is 11.6 Å². The van der Waals surface area contributed by atoms with Crippen molar-refractivity contribution in [3.8, 4) is 0 Å². The molecule has 6 nitrogen and oxygen atoms in total. The molecule has 0 aromatic rings. The summed E-state index contributed by atoms with van der Waals surface area (Å²) >= 11 is 0. The number of unbranched alkanes of at least 4 members (excludes halogenated alkanes) is 26. The van der Waals surface area contributed by atoms with Crippen molar-refractivity contribution in [2.24, 2.45) is 28.6 Å². The molecule has 0 aromatic heterocycles. The Hall–Kier alpha value is -1.24. The number of hydrogen-bond donors (Lipinski definition) is 3. The first-order chi connectivity index (χ1) is 29.4. The second-order valence-electron chi connectivity index (χ2n) is 22.2. The molecule has 0 unspecified atom stereocenters. The first-order valence-corrected chi connectivity index (χ1v) is 27.2. The molecule has 3 N–H and O–H groups in total. The van der Waals surface area contributed by atoms with Gasteiger partial charge in [-0.15, -0.1) is 0 Å². The van der Waals surface area contributed by atoms with Gasteiger partial charge in [0.2, 0.25) is 0 Å². The molecular formula is C55H101N2O4+. The lowest BCUT2D eigenvalue weighted by Crippen LogP contribution is -2.63. The van der Waals surface area contributed by atoms with E-state index in [0.29, 0.717) is 25.8 Å². The number of likely N-dealkylation sites (N-methyl/N-ethyl adjacent to an activating group) is 1. The maximum absolute atomic E-state index is 14.2. The summed E-state index contributed by atoms with van der Waals surface area (Å²) in [6.45, 7) is 12.8. The number of carbonyl (C=O) groups excluding carboxylic acids is 2. The van der Waals surface area contributed by atoms with Gasteiger partial charge in [-0.1, -0.05) is 187 Å². The molecule has 0 radical (unpaired) electrons. The Balaban J connectivity index is 1.21. The van der Waals surface area contributed by atoms with Crippen LogP contribution in [0.4, 0.5) is 0 Å². The number of quaternary nitrogens is 1. The Bertz CT molecular complexity index is 1250. The van der Waals surface area contributed by atoms with E-state index in [1.807, 2.05) is 6.08 Å². The van der Waals surface area contributed by atoms with Crippen LogP contribution in [0.25, 0.3) is 0 Å². The van der Waals surface area contributed by atoms with Crippen LogP contribution in [0.1, 0.15) is 252 Å². The zero-order valence-corrected chi connectivity index (χ0v) is 41.1. The minimum atomic E-state index is -1.46. The Morgan fingerprint density at radius 2 is 1.10 bits per heavy atom. The molecule has 7 atom stereocenters. The summed E-state index contributed by atoms with van der Waals surface area (Å²) in [7, 11) is 2.42. The second-order valence-corrected chi connectivity index (χ2v) is 22.2. The summed E-state index contributed by atoms with van der Waals surface area (Å²) in [5.41, 5.74) is -1.05. The lowest BCUT2D eigenvalue weighted by Gasteiger charge is -2.60. The van der Waals surface area contributed by atoms with Gasteiger partial charge in [-0.3, -0.25) is 9.59 Å². The fourth-order valence-corrected chi connectivity index (χ4v) is 13.4. The summed E-state index contributed by atoms with van der Waals surface area (Å²) in [6, 6.07) is 0. The van der Waals surface area contributed by atoms with E-state index in [1.165, 1.54) is 185 Å². The molecule has 6 heteroatoms. The van der Waals surface area contributed by atoms with E-state index >= 15 is 0 Å². The minimum Gasteiger partial charge on any atom is -0.393 e. The average molecular weight is 854 g/mol. The number of aliphatic hydroxyl groups is 2. The molecule has 3 saturated carbocycles. The highest BCUT2D eigenvalue weighted by Gasteiger charge is 2.68. The third-order valence-corrected chi connectivity index (χ3v) is 17.5. The summed E-state index contributed by atoms with van der Waals surface area (Å²) in [6.07, 6.45) is 44.8. The van der Waals surface area contributed by atoms with E-state index < -0.39 is 17.1 Å². The molecule has 4 aliphatic carbocycles. The fraction of sp³-hybridized carbons (Fsp3) is 0.927. The van der Waals surface area contributed by atoms with E-state index in [9.17, 15) is 19.8 Å². The maximum atomic E-state index is 14.2. The molecule has 0 bridgehead atoms. The lowest BCUT2D eigenvalue weighted by molar-refractivity contribution is -0.908. The van der Waals surface area contributed by atoms with Gasteiger partial charge in [0, 0.05) is 11.8 Å². The second kappa shape index (κ2) is 27.3. The summed E-state index contributed by atoms with van der Waals surface area (Å²) < 4.78 is 0.995. The van der Waals surface area contributed by atoms with Crippen molar-refractivity contribution in [1.29, 1.82) is 0 Å². The molecule has 61 heavy (non-hydrogen) atoms. The number of hydrogen-bond acceptors (Lipinski definition) is 4. The zero-order valence-electron chi connectivity index (χ0n) is 41.1. The largest absolute Gasteiger partial charge is 0.393 e. The van der Waals surface area contributed by atoms with Crippen molar-refractivity contribution in [3.05, 3.63) is 11.6 Å². The van der Waals surface area contributed by atoms with Crippen molar-refractivity contribution in [1.82, 2.24) is 5.32 Å². The molecule has 0 saturated heterocycles. The normalized spacial score (nSPS) is 28.6. The van der Waals surface area contributed by atoms with Crippen LogP contribution in [0, 0.1) is 28.6 Å². The summed E-state index contributed by atoms with van der Waals surface area (Å²) in [4.78, 5) is 26.6. The number of aliphatic hydroxyl groups excluding tert-OH is 1. The van der Waals surface area contributed by atoms with Gasteiger partial charge in [0.1, 0.15) is 5.60 Å². The quantitative estimate of drug-likeness (QED) is 0.0444. The van der Waals surface area contributed by atoms with E-state index in [0.717, 1.165) is 49.8 Å². The molecule has 0 spiro atoms. The highest BCUT2D eigenvalue weighted by molar-refractivity contribution is 5.91. The molecule has 0 heterocycles. The number of ketones is 1. The Morgan fingerprint density at radius 3 is 1.56 bits per heavy atom. The molecule has 3 fully saturated rings. The molecule has 0 aliphatic heterocycles. The first kappa shape index (κ1) is 52.4. The number of carbonyl (C=O) groups is 2. The molecule has 4 aliphatic rings. The summed E-state index contributed by atoms with van der Waals surface area (Å²) in [5, 5.41) is 27.6. The van der Waals surface area contributed by atoms with Crippen molar-refractivity contribution in [2.75, 3.05) is 33.2 Å². The number of allylic oxidation sites excluding steroid dienone is 1. The van der Waals surface area contributed by atoms with Gasteiger partial charge in [-0.25, -0.2) is 0 Å². The van der Waals surface area contributed by atoms with Crippen LogP contribution in [0.5, 0.6) is 0 Å². The Labute approximate surface area is 377 Å². The number of fused-ring (bicyclic) bond motifs is 5. The highest BCUT2D eigenvalue weighted by Crippen LogP contribution is 2.67. The maximum Gasteiger partial charge on any atom is 0.252 e. The van der Waals surface area contributed by atoms with Crippen LogP contribution in [0.3, 0.4) is 0 Å². The van der Waals surface area contributed by atoms with E-state index in [-0.39, 0.29) is 34.9 Å². The predicted molar refractivity (Wildman–Crippen MR) is 257 cm³/mol. The molecule has 354 valence electrons. The van der Waals surface area contributed by atoms with Crippen molar-refractivity contribution in [3.63, 3.8) is 0 Å².